The minimum absolute atomic E-state index is 0.281. The normalized spacial score (nSPS) is 11.2. The lowest BCUT2D eigenvalue weighted by atomic mass is 10.2. The quantitative estimate of drug-likeness (QED) is 0.365. The molecule has 0 atom stereocenters. The molecule has 2 aromatic rings. The summed E-state index contributed by atoms with van der Waals surface area (Å²) in [5, 5.41) is 3.45. The molecule has 2 aromatic carbocycles. The zero-order valence-electron chi connectivity index (χ0n) is 9.21. The molecule has 0 aliphatic rings. The monoisotopic (exact) mass is 227 g/mol. The number of rotatable bonds is 3. The summed E-state index contributed by atoms with van der Waals surface area (Å²) in [6, 6.07) is 16.8. The maximum Gasteiger partial charge on any atom is 0.150 e. The molecule has 0 amide bonds. The largest absolute Gasteiger partial charge is 0.457 e. The molecule has 0 saturated heterocycles. The molecule has 4 N–H and O–H groups in total. The molecule has 0 aliphatic carbocycles. The first-order valence-corrected chi connectivity index (χ1v) is 5.16. The van der Waals surface area contributed by atoms with E-state index in [9.17, 15) is 0 Å². The second kappa shape index (κ2) is 5.03. The van der Waals surface area contributed by atoms with Gasteiger partial charge in [0.15, 0.2) is 0 Å². The molecule has 4 nitrogen and oxygen atoms in total. The third-order valence-corrected chi connectivity index (χ3v) is 2.25. The van der Waals surface area contributed by atoms with Gasteiger partial charge in [0.1, 0.15) is 17.3 Å². The lowest BCUT2D eigenvalue weighted by Gasteiger charge is -2.06. The highest BCUT2D eigenvalue weighted by Crippen LogP contribution is 2.21. The number of nitrogens with two attached hydrogens (primary N) is 2. The van der Waals surface area contributed by atoms with Crippen molar-refractivity contribution >= 4 is 5.84 Å². The fraction of sp³-hybridized carbons (Fsp3) is 0. The topological polar surface area (TPSA) is 73.6 Å². The Bertz CT molecular complexity index is 523. The summed E-state index contributed by atoms with van der Waals surface area (Å²) in [7, 11) is 0. The van der Waals surface area contributed by atoms with Crippen LogP contribution in [0.25, 0.3) is 0 Å². The van der Waals surface area contributed by atoms with Crippen LogP contribution < -0.4 is 16.3 Å². The summed E-state index contributed by atoms with van der Waals surface area (Å²) in [5.74, 6) is 6.88. The van der Waals surface area contributed by atoms with Gasteiger partial charge in [0.25, 0.3) is 0 Å². The Morgan fingerprint density at radius 3 is 2.35 bits per heavy atom. The summed E-state index contributed by atoms with van der Waals surface area (Å²) in [4.78, 5) is 0. The van der Waals surface area contributed by atoms with Crippen LogP contribution in [0.1, 0.15) is 5.56 Å². The minimum atomic E-state index is 0.281. The highest BCUT2D eigenvalue weighted by molar-refractivity contribution is 5.97. The molecule has 0 radical (unpaired) electrons. The Morgan fingerprint density at radius 1 is 0.941 bits per heavy atom. The van der Waals surface area contributed by atoms with Crippen LogP contribution in [-0.4, -0.2) is 5.84 Å². The van der Waals surface area contributed by atoms with Crippen LogP contribution in [-0.2, 0) is 0 Å². The first-order chi connectivity index (χ1) is 8.29. The van der Waals surface area contributed by atoms with Gasteiger partial charge in [-0.25, -0.2) is 0 Å². The molecule has 2 rings (SSSR count). The maximum atomic E-state index is 5.66. The van der Waals surface area contributed by atoms with Crippen molar-refractivity contribution in [2.24, 2.45) is 16.7 Å². The summed E-state index contributed by atoms with van der Waals surface area (Å²) >= 11 is 0. The van der Waals surface area contributed by atoms with E-state index in [1.165, 1.54) is 0 Å². The van der Waals surface area contributed by atoms with Gasteiger partial charge in [-0.2, -0.15) is 5.10 Å². The second-order valence-electron chi connectivity index (χ2n) is 3.46. The molecule has 0 unspecified atom stereocenters. The van der Waals surface area contributed by atoms with E-state index >= 15 is 0 Å². The van der Waals surface area contributed by atoms with Crippen LogP contribution in [0.5, 0.6) is 11.5 Å². The van der Waals surface area contributed by atoms with Gasteiger partial charge in [-0.3, -0.25) is 0 Å². The average molecular weight is 227 g/mol. The van der Waals surface area contributed by atoms with E-state index in [-0.39, 0.29) is 5.84 Å². The zero-order valence-corrected chi connectivity index (χ0v) is 9.21. The van der Waals surface area contributed by atoms with Gasteiger partial charge >= 0.3 is 0 Å². The first-order valence-electron chi connectivity index (χ1n) is 5.16. The fourth-order valence-corrected chi connectivity index (χ4v) is 1.42. The number of hydrogen-bond donors (Lipinski definition) is 2. The van der Waals surface area contributed by atoms with Gasteiger partial charge in [0, 0.05) is 5.56 Å². The predicted octanol–water partition coefficient (Wildman–Crippen LogP) is 2.06. The molecular formula is C13H13N3O. The van der Waals surface area contributed by atoms with Crippen molar-refractivity contribution in [2.75, 3.05) is 0 Å². The van der Waals surface area contributed by atoms with Crippen molar-refractivity contribution in [2.45, 2.75) is 0 Å². The first kappa shape index (κ1) is 11.0. The smallest absolute Gasteiger partial charge is 0.150 e. The van der Waals surface area contributed by atoms with Crippen LogP contribution in [0.15, 0.2) is 59.7 Å². The molecular weight excluding hydrogens is 214 g/mol. The highest BCUT2D eigenvalue weighted by Gasteiger charge is 2.01. The van der Waals surface area contributed by atoms with Crippen molar-refractivity contribution < 1.29 is 4.74 Å². The Kier molecular flexibility index (Phi) is 3.25. The third kappa shape index (κ3) is 2.75. The molecule has 17 heavy (non-hydrogen) atoms. The van der Waals surface area contributed by atoms with E-state index in [1.807, 2.05) is 48.5 Å². The Balaban J connectivity index is 2.23. The Hall–Kier alpha value is -2.49. The second-order valence-corrected chi connectivity index (χ2v) is 3.46. The van der Waals surface area contributed by atoms with Crippen LogP contribution in [0.4, 0.5) is 0 Å². The molecule has 0 spiro atoms. The number of nitrogens with zero attached hydrogens (tertiary/aromatic N) is 1. The number of amidine groups is 1. The zero-order chi connectivity index (χ0) is 12.1. The van der Waals surface area contributed by atoms with E-state index in [0.29, 0.717) is 5.75 Å². The molecule has 0 aliphatic heterocycles. The van der Waals surface area contributed by atoms with Gasteiger partial charge in [-0.1, -0.05) is 30.3 Å². The summed E-state index contributed by atoms with van der Waals surface area (Å²) in [6.45, 7) is 0. The van der Waals surface area contributed by atoms with Gasteiger partial charge in [0.2, 0.25) is 0 Å². The third-order valence-electron chi connectivity index (χ3n) is 2.25. The molecule has 0 fully saturated rings. The number of para-hydroxylation sites is 1. The lowest BCUT2D eigenvalue weighted by molar-refractivity contribution is 0.482. The molecule has 0 aromatic heterocycles. The van der Waals surface area contributed by atoms with Crippen LogP contribution >= 0.6 is 0 Å². The molecule has 0 bridgehead atoms. The van der Waals surface area contributed by atoms with E-state index in [2.05, 4.69) is 5.10 Å². The fourth-order valence-electron chi connectivity index (χ4n) is 1.42. The number of benzene rings is 2. The summed E-state index contributed by atoms with van der Waals surface area (Å²) < 4.78 is 5.66. The minimum Gasteiger partial charge on any atom is -0.457 e. The van der Waals surface area contributed by atoms with Gasteiger partial charge in [0.05, 0.1) is 0 Å². The summed E-state index contributed by atoms with van der Waals surface area (Å²) in [6.07, 6.45) is 0. The van der Waals surface area contributed by atoms with E-state index in [0.717, 1.165) is 11.3 Å². The standard InChI is InChI=1S/C13H13N3O/c14-13(16-15)10-5-4-8-12(9-10)17-11-6-2-1-3-7-11/h1-9H,15H2,(H2,14,16). The van der Waals surface area contributed by atoms with Crippen molar-refractivity contribution in [1.29, 1.82) is 0 Å². The van der Waals surface area contributed by atoms with E-state index < -0.39 is 0 Å². The lowest BCUT2D eigenvalue weighted by Crippen LogP contribution is -2.15. The van der Waals surface area contributed by atoms with Gasteiger partial charge < -0.3 is 16.3 Å². The van der Waals surface area contributed by atoms with Crippen LogP contribution in [0.3, 0.4) is 0 Å². The molecule has 0 saturated carbocycles. The Morgan fingerprint density at radius 2 is 1.65 bits per heavy atom. The van der Waals surface area contributed by atoms with Gasteiger partial charge in [-0.05, 0) is 24.3 Å². The van der Waals surface area contributed by atoms with Crippen molar-refractivity contribution in [3.8, 4) is 11.5 Å². The predicted molar refractivity (Wildman–Crippen MR) is 67.9 cm³/mol. The molecule has 4 heteroatoms. The highest BCUT2D eigenvalue weighted by atomic mass is 16.5. The maximum absolute atomic E-state index is 5.66. The number of hydrazone groups is 1. The van der Waals surface area contributed by atoms with Crippen molar-refractivity contribution in [1.82, 2.24) is 0 Å². The van der Waals surface area contributed by atoms with E-state index in [4.69, 9.17) is 16.3 Å². The van der Waals surface area contributed by atoms with Crippen molar-refractivity contribution in [3.63, 3.8) is 0 Å². The molecule has 86 valence electrons. The van der Waals surface area contributed by atoms with Gasteiger partial charge in [-0.15, -0.1) is 0 Å². The SMILES string of the molecule is N/N=C(/N)c1cccc(Oc2ccccc2)c1. The molecule has 0 heterocycles. The number of ether oxygens (including phenoxy) is 1. The van der Waals surface area contributed by atoms with E-state index in [1.54, 1.807) is 6.07 Å². The summed E-state index contributed by atoms with van der Waals surface area (Å²) in [5.41, 5.74) is 6.36. The van der Waals surface area contributed by atoms with Crippen LogP contribution in [0, 0.1) is 0 Å². The van der Waals surface area contributed by atoms with Crippen LogP contribution in [0.2, 0.25) is 0 Å². The average Bonchev–Trinajstić information content (AvgIpc) is 2.39. The number of hydrogen-bond acceptors (Lipinski definition) is 3. The Labute approximate surface area is 99.5 Å². The van der Waals surface area contributed by atoms with Crippen molar-refractivity contribution in [3.05, 3.63) is 60.2 Å².